The number of nitrogens with one attached hydrogen (secondary N) is 1. The summed E-state index contributed by atoms with van der Waals surface area (Å²) in [4.78, 5) is 12.6. The van der Waals surface area contributed by atoms with Gasteiger partial charge in [-0.1, -0.05) is 53.0 Å². The SMILES string of the molecule is Cc1cc(NC(=O)C2CC2c2ccc(Cl)cc2)nn1Cc1c(Cl)cccc1Cl. The summed E-state index contributed by atoms with van der Waals surface area (Å²) >= 11 is 18.4. The van der Waals surface area contributed by atoms with Gasteiger partial charge >= 0.3 is 0 Å². The van der Waals surface area contributed by atoms with E-state index in [1.807, 2.05) is 43.3 Å². The average Bonchev–Trinajstić information content (AvgIpc) is 3.38. The number of carbonyl (C=O) groups excluding carboxylic acids is 1. The maximum absolute atomic E-state index is 12.6. The van der Waals surface area contributed by atoms with Crippen LogP contribution in [0, 0.1) is 12.8 Å². The van der Waals surface area contributed by atoms with E-state index in [1.54, 1.807) is 16.8 Å². The molecule has 1 heterocycles. The molecule has 0 saturated heterocycles. The van der Waals surface area contributed by atoms with Gasteiger partial charge in [0.1, 0.15) is 0 Å². The van der Waals surface area contributed by atoms with Crippen LogP contribution in [0.2, 0.25) is 15.1 Å². The minimum Gasteiger partial charge on any atom is -0.309 e. The lowest BCUT2D eigenvalue weighted by Crippen LogP contribution is -2.15. The quantitative estimate of drug-likeness (QED) is 0.540. The number of aromatic nitrogens is 2. The van der Waals surface area contributed by atoms with Crippen LogP contribution in [0.15, 0.2) is 48.5 Å². The summed E-state index contributed by atoms with van der Waals surface area (Å²) in [5, 5.41) is 9.31. The third kappa shape index (κ3) is 4.04. The fourth-order valence-corrected chi connectivity index (χ4v) is 3.99. The van der Waals surface area contributed by atoms with Crippen molar-refractivity contribution in [1.29, 1.82) is 0 Å². The second kappa shape index (κ2) is 7.78. The van der Waals surface area contributed by atoms with Gasteiger partial charge in [-0.15, -0.1) is 0 Å². The molecule has 1 N–H and O–H groups in total. The van der Waals surface area contributed by atoms with Crippen molar-refractivity contribution >= 4 is 46.5 Å². The molecule has 0 spiro atoms. The first-order valence-corrected chi connectivity index (χ1v) is 10.1. The summed E-state index contributed by atoms with van der Waals surface area (Å²) in [5.41, 5.74) is 2.86. The summed E-state index contributed by atoms with van der Waals surface area (Å²) in [6, 6.07) is 14.9. The average molecular weight is 435 g/mol. The van der Waals surface area contributed by atoms with E-state index in [-0.39, 0.29) is 17.7 Å². The monoisotopic (exact) mass is 433 g/mol. The number of amides is 1. The smallest absolute Gasteiger partial charge is 0.229 e. The minimum absolute atomic E-state index is 0.0135. The highest BCUT2D eigenvalue weighted by atomic mass is 35.5. The number of hydrogen-bond donors (Lipinski definition) is 1. The van der Waals surface area contributed by atoms with Gasteiger partial charge in [0, 0.05) is 38.3 Å². The number of hydrogen-bond acceptors (Lipinski definition) is 2. The standard InChI is InChI=1S/C21H18Cl3N3O/c1-12-9-20(26-27(12)11-17-18(23)3-2-4-19(17)24)25-21(28)16-10-15(16)13-5-7-14(22)8-6-13/h2-9,15-16H,10-11H2,1H3,(H,25,26,28). The summed E-state index contributed by atoms with van der Waals surface area (Å²) in [7, 11) is 0. The molecule has 2 atom stereocenters. The Labute approximate surface area is 178 Å². The molecule has 1 aliphatic rings. The zero-order chi connectivity index (χ0) is 19.8. The van der Waals surface area contributed by atoms with Gasteiger partial charge in [0.15, 0.2) is 5.82 Å². The van der Waals surface area contributed by atoms with Gasteiger partial charge in [-0.2, -0.15) is 5.10 Å². The van der Waals surface area contributed by atoms with E-state index in [0.29, 0.717) is 27.4 Å². The second-order valence-corrected chi connectivity index (χ2v) is 8.27. The van der Waals surface area contributed by atoms with E-state index >= 15 is 0 Å². The molecule has 0 bridgehead atoms. The molecular formula is C21H18Cl3N3O. The van der Waals surface area contributed by atoms with Crippen molar-refractivity contribution in [3.05, 3.63) is 80.4 Å². The summed E-state index contributed by atoms with van der Waals surface area (Å²) in [6.45, 7) is 2.37. The third-order valence-corrected chi connectivity index (χ3v) is 5.99. The maximum atomic E-state index is 12.6. The van der Waals surface area contributed by atoms with Crippen LogP contribution < -0.4 is 5.32 Å². The highest BCUT2D eigenvalue weighted by Gasteiger charge is 2.44. The molecule has 3 aromatic rings. The number of halogens is 3. The van der Waals surface area contributed by atoms with Gasteiger partial charge < -0.3 is 5.32 Å². The van der Waals surface area contributed by atoms with Crippen molar-refractivity contribution in [2.45, 2.75) is 25.8 Å². The first-order valence-electron chi connectivity index (χ1n) is 8.96. The van der Waals surface area contributed by atoms with Crippen LogP contribution in [0.1, 0.15) is 29.2 Å². The van der Waals surface area contributed by atoms with Gasteiger partial charge in [0.2, 0.25) is 5.91 Å². The van der Waals surface area contributed by atoms with E-state index in [2.05, 4.69) is 10.4 Å². The van der Waals surface area contributed by atoms with Crippen LogP contribution in [0.4, 0.5) is 5.82 Å². The van der Waals surface area contributed by atoms with E-state index in [0.717, 1.165) is 23.2 Å². The Kier molecular flexibility index (Phi) is 5.37. The molecule has 4 nitrogen and oxygen atoms in total. The molecule has 2 unspecified atom stereocenters. The fourth-order valence-electron chi connectivity index (χ4n) is 3.35. The Morgan fingerprint density at radius 3 is 2.50 bits per heavy atom. The van der Waals surface area contributed by atoms with Crippen LogP contribution in [0.5, 0.6) is 0 Å². The van der Waals surface area contributed by atoms with Crippen molar-refractivity contribution in [3.8, 4) is 0 Å². The van der Waals surface area contributed by atoms with Crippen LogP contribution in [0.3, 0.4) is 0 Å². The molecule has 1 saturated carbocycles. The Morgan fingerprint density at radius 1 is 1.14 bits per heavy atom. The molecule has 1 fully saturated rings. The third-order valence-electron chi connectivity index (χ3n) is 5.03. The predicted molar refractivity (Wildman–Crippen MR) is 113 cm³/mol. The number of carbonyl (C=O) groups is 1. The largest absolute Gasteiger partial charge is 0.309 e. The first-order chi connectivity index (χ1) is 13.4. The normalized spacial score (nSPS) is 18.1. The van der Waals surface area contributed by atoms with Gasteiger partial charge in [-0.25, -0.2) is 0 Å². The zero-order valence-corrected chi connectivity index (χ0v) is 17.4. The summed E-state index contributed by atoms with van der Waals surface area (Å²) in [6.07, 6.45) is 0.836. The number of anilines is 1. The molecule has 4 rings (SSSR count). The minimum atomic E-state index is -0.0374. The first kappa shape index (κ1) is 19.3. The maximum Gasteiger partial charge on any atom is 0.229 e. The summed E-state index contributed by atoms with van der Waals surface area (Å²) in [5.74, 6) is 0.722. The highest BCUT2D eigenvalue weighted by molar-refractivity contribution is 6.36. The molecule has 0 radical (unpaired) electrons. The number of rotatable bonds is 5. The number of nitrogens with zero attached hydrogens (tertiary/aromatic N) is 2. The molecule has 1 aromatic heterocycles. The lowest BCUT2D eigenvalue weighted by molar-refractivity contribution is -0.117. The molecule has 2 aromatic carbocycles. The van der Waals surface area contributed by atoms with Crippen molar-refractivity contribution < 1.29 is 4.79 Å². The second-order valence-electron chi connectivity index (χ2n) is 7.02. The van der Waals surface area contributed by atoms with Gasteiger partial charge in [0.25, 0.3) is 0 Å². The molecule has 1 aliphatic carbocycles. The van der Waals surface area contributed by atoms with Gasteiger partial charge in [-0.05, 0) is 49.1 Å². The zero-order valence-electron chi connectivity index (χ0n) is 15.1. The molecule has 28 heavy (non-hydrogen) atoms. The number of benzene rings is 2. The lowest BCUT2D eigenvalue weighted by atomic mass is 10.1. The van der Waals surface area contributed by atoms with Gasteiger partial charge in [-0.3, -0.25) is 9.48 Å². The Bertz CT molecular complexity index is 1010. The van der Waals surface area contributed by atoms with Crippen molar-refractivity contribution in [1.82, 2.24) is 9.78 Å². The van der Waals surface area contributed by atoms with Crippen LogP contribution in [0.25, 0.3) is 0 Å². The van der Waals surface area contributed by atoms with E-state index in [1.165, 1.54) is 0 Å². The molecular weight excluding hydrogens is 417 g/mol. The Morgan fingerprint density at radius 2 is 1.82 bits per heavy atom. The molecule has 1 amide bonds. The van der Waals surface area contributed by atoms with E-state index < -0.39 is 0 Å². The fraction of sp³-hybridized carbons (Fsp3) is 0.238. The predicted octanol–water partition coefficient (Wildman–Crippen LogP) is 5.94. The molecule has 0 aliphatic heterocycles. The Balaban J connectivity index is 1.43. The van der Waals surface area contributed by atoms with Crippen LogP contribution in [-0.2, 0) is 11.3 Å². The number of aryl methyl sites for hydroxylation is 1. The lowest BCUT2D eigenvalue weighted by Gasteiger charge is -2.08. The summed E-state index contributed by atoms with van der Waals surface area (Å²) < 4.78 is 1.78. The molecule has 7 heteroatoms. The van der Waals surface area contributed by atoms with Gasteiger partial charge in [0.05, 0.1) is 6.54 Å². The van der Waals surface area contributed by atoms with Crippen molar-refractivity contribution in [2.24, 2.45) is 5.92 Å². The van der Waals surface area contributed by atoms with Crippen molar-refractivity contribution in [3.63, 3.8) is 0 Å². The van der Waals surface area contributed by atoms with Crippen molar-refractivity contribution in [2.75, 3.05) is 5.32 Å². The van der Waals surface area contributed by atoms with Crippen LogP contribution in [-0.4, -0.2) is 15.7 Å². The molecule has 144 valence electrons. The van der Waals surface area contributed by atoms with Crippen LogP contribution >= 0.6 is 34.8 Å². The Hall–Kier alpha value is -2.01. The van der Waals surface area contributed by atoms with E-state index in [4.69, 9.17) is 34.8 Å². The topological polar surface area (TPSA) is 46.9 Å². The van der Waals surface area contributed by atoms with E-state index in [9.17, 15) is 4.79 Å². The highest BCUT2D eigenvalue weighted by Crippen LogP contribution is 2.48.